The zero-order chi connectivity index (χ0) is 21.3. The number of fused-ring (bicyclic) bond motifs is 1. The molecule has 2 N–H and O–H groups in total. The summed E-state index contributed by atoms with van der Waals surface area (Å²) >= 11 is 1.72. The second kappa shape index (κ2) is 8.62. The van der Waals surface area contributed by atoms with E-state index in [2.05, 4.69) is 48.9 Å². The number of amides is 1. The Hall–Kier alpha value is -2.64. The Balaban J connectivity index is 1.54. The second-order valence-corrected chi connectivity index (χ2v) is 8.68. The van der Waals surface area contributed by atoms with E-state index in [0.717, 1.165) is 11.3 Å². The number of ether oxygens (including phenoxy) is 2. The molecule has 2 heterocycles. The van der Waals surface area contributed by atoms with Crippen LogP contribution in [0, 0.1) is 6.92 Å². The van der Waals surface area contributed by atoms with Crippen molar-refractivity contribution in [1.82, 2.24) is 15.8 Å². The maximum absolute atomic E-state index is 12.8. The van der Waals surface area contributed by atoms with Crippen molar-refractivity contribution in [2.45, 2.75) is 36.9 Å². The quantitative estimate of drug-likeness (QED) is 0.692. The van der Waals surface area contributed by atoms with Gasteiger partial charge >= 0.3 is 0 Å². The summed E-state index contributed by atoms with van der Waals surface area (Å²) in [4.78, 5) is 14.0. The fraction of sp³-hybridized carbons (Fsp3) is 0.348. The molecule has 0 aliphatic carbocycles. The Morgan fingerprint density at radius 1 is 1.07 bits per heavy atom. The van der Waals surface area contributed by atoms with Gasteiger partial charge in [-0.2, -0.15) is 0 Å². The number of hydrogen-bond acceptors (Lipinski definition) is 6. The first-order chi connectivity index (χ1) is 14.5. The molecule has 0 bridgehead atoms. The SMILES string of the molecule is COc1ccc(C2C(C)NN3C(=O)C=C(CSc4ccc(C)cc4)NC23)cc1OC. The molecule has 4 rings (SSSR count). The van der Waals surface area contributed by atoms with Crippen molar-refractivity contribution in [2.24, 2.45) is 0 Å². The number of rotatable bonds is 6. The van der Waals surface area contributed by atoms with Crippen molar-refractivity contribution in [2.75, 3.05) is 20.0 Å². The van der Waals surface area contributed by atoms with Gasteiger partial charge in [-0.05, 0) is 43.7 Å². The largest absolute Gasteiger partial charge is 0.493 e. The minimum Gasteiger partial charge on any atom is -0.493 e. The summed E-state index contributed by atoms with van der Waals surface area (Å²) in [5.74, 6) is 2.15. The molecule has 2 aliphatic heterocycles. The van der Waals surface area contributed by atoms with Gasteiger partial charge < -0.3 is 14.8 Å². The number of hydrogen-bond donors (Lipinski definition) is 2. The number of hydrazine groups is 1. The van der Waals surface area contributed by atoms with Crippen molar-refractivity contribution >= 4 is 17.7 Å². The summed E-state index contributed by atoms with van der Waals surface area (Å²) in [7, 11) is 3.26. The van der Waals surface area contributed by atoms with Crippen molar-refractivity contribution < 1.29 is 14.3 Å². The van der Waals surface area contributed by atoms with Gasteiger partial charge in [-0.15, -0.1) is 11.8 Å². The molecule has 0 spiro atoms. The molecule has 3 unspecified atom stereocenters. The fourth-order valence-electron chi connectivity index (χ4n) is 4.03. The molecule has 0 radical (unpaired) electrons. The van der Waals surface area contributed by atoms with Gasteiger partial charge in [0, 0.05) is 34.4 Å². The number of aryl methyl sites for hydroxylation is 1. The molecular formula is C23H27N3O3S. The molecule has 0 saturated carbocycles. The first-order valence-electron chi connectivity index (χ1n) is 9.98. The van der Waals surface area contributed by atoms with Crippen LogP contribution in [-0.4, -0.2) is 43.1 Å². The maximum atomic E-state index is 12.8. The highest BCUT2D eigenvalue weighted by atomic mass is 32.2. The summed E-state index contributed by atoms with van der Waals surface area (Å²) in [6.07, 6.45) is 1.53. The van der Waals surface area contributed by atoms with E-state index in [1.807, 2.05) is 18.2 Å². The summed E-state index contributed by atoms with van der Waals surface area (Å²) < 4.78 is 10.9. The van der Waals surface area contributed by atoms with Gasteiger partial charge in [0.25, 0.3) is 5.91 Å². The Bertz CT molecular complexity index is 961. The Morgan fingerprint density at radius 2 is 1.80 bits per heavy atom. The summed E-state index contributed by atoms with van der Waals surface area (Å²) in [6, 6.07) is 14.5. The van der Waals surface area contributed by atoms with Crippen molar-refractivity contribution in [3.63, 3.8) is 0 Å². The monoisotopic (exact) mass is 425 g/mol. The zero-order valence-electron chi connectivity index (χ0n) is 17.6. The van der Waals surface area contributed by atoms with Crippen LogP contribution >= 0.6 is 11.8 Å². The van der Waals surface area contributed by atoms with E-state index in [9.17, 15) is 4.79 Å². The molecule has 3 atom stereocenters. The lowest BCUT2D eigenvalue weighted by atomic mass is 9.90. The first kappa shape index (κ1) is 20.6. The van der Waals surface area contributed by atoms with E-state index < -0.39 is 0 Å². The summed E-state index contributed by atoms with van der Waals surface area (Å²) in [5, 5.41) is 5.28. The number of nitrogens with zero attached hydrogens (tertiary/aromatic N) is 1. The van der Waals surface area contributed by atoms with Gasteiger partial charge in [-0.3, -0.25) is 9.80 Å². The van der Waals surface area contributed by atoms with E-state index in [-0.39, 0.29) is 24.0 Å². The van der Waals surface area contributed by atoms with Gasteiger partial charge in [-0.25, -0.2) is 5.43 Å². The molecular weight excluding hydrogens is 398 g/mol. The zero-order valence-corrected chi connectivity index (χ0v) is 18.5. The predicted molar refractivity (Wildman–Crippen MR) is 119 cm³/mol. The number of thioether (sulfide) groups is 1. The molecule has 2 aromatic rings. The number of nitrogens with one attached hydrogen (secondary N) is 2. The minimum absolute atomic E-state index is 0.0203. The van der Waals surface area contributed by atoms with Crippen LogP contribution in [0.4, 0.5) is 0 Å². The highest BCUT2D eigenvalue weighted by Gasteiger charge is 2.44. The fourth-order valence-corrected chi connectivity index (χ4v) is 4.85. The molecule has 2 aliphatic rings. The van der Waals surface area contributed by atoms with Crippen molar-refractivity contribution in [1.29, 1.82) is 0 Å². The molecule has 7 heteroatoms. The lowest BCUT2D eigenvalue weighted by Gasteiger charge is -2.33. The third-order valence-electron chi connectivity index (χ3n) is 5.58. The molecule has 0 aromatic heterocycles. The van der Waals surface area contributed by atoms with Crippen LogP contribution in [0.3, 0.4) is 0 Å². The van der Waals surface area contributed by atoms with Crippen LogP contribution in [0.25, 0.3) is 0 Å². The van der Waals surface area contributed by atoms with E-state index >= 15 is 0 Å². The van der Waals surface area contributed by atoms with Gasteiger partial charge in [0.05, 0.1) is 14.2 Å². The highest BCUT2D eigenvalue weighted by molar-refractivity contribution is 7.99. The third kappa shape index (κ3) is 4.00. The Kier molecular flexibility index (Phi) is 5.92. The number of carbonyl (C=O) groups excluding carboxylic acids is 1. The van der Waals surface area contributed by atoms with E-state index in [4.69, 9.17) is 9.47 Å². The molecule has 1 amide bonds. The van der Waals surface area contributed by atoms with E-state index in [1.54, 1.807) is 37.1 Å². The van der Waals surface area contributed by atoms with Crippen molar-refractivity contribution in [3.8, 4) is 11.5 Å². The van der Waals surface area contributed by atoms with Crippen LogP contribution < -0.4 is 20.2 Å². The number of methoxy groups -OCH3 is 2. The minimum atomic E-state index is -0.163. The van der Waals surface area contributed by atoms with E-state index in [0.29, 0.717) is 17.3 Å². The van der Waals surface area contributed by atoms with Crippen molar-refractivity contribution in [3.05, 3.63) is 65.4 Å². The Labute approximate surface area is 181 Å². The standard InChI is InChI=1S/C23H27N3O3S/c1-14-5-8-18(9-6-14)30-13-17-12-21(27)26-23(24-17)22(15(2)25-26)16-7-10-19(28-3)20(11-16)29-4/h5-12,15,22-25H,13H2,1-4H3. The molecule has 6 nitrogen and oxygen atoms in total. The van der Waals surface area contributed by atoms with Gasteiger partial charge in [0.1, 0.15) is 6.17 Å². The van der Waals surface area contributed by atoms with Gasteiger partial charge in [0.2, 0.25) is 0 Å². The maximum Gasteiger partial charge on any atom is 0.264 e. The second-order valence-electron chi connectivity index (χ2n) is 7.63. The Morgan fingerprint density at radius 3 is 2.50 bits per heavy atom. The average Bonchev–Trinajstić information content (AvgIpc) is 3.09. The van der Waals surface area contributed by atoms with Crippen LogP contribution in [0.5, 0.6) is 11.5 Å². The highest BCUT2D eigenvalue weighted by Crippen LogP contribution is 2.38. The molecule has 1 fully saturated rings. The first-order valence-corrected chi connectivity index (χ1v) is 11.0. The van der Waals surface area contributed by atoms with Gasteiger partial charge in [-0.1, -0.05) is 23.8 Å². The molecule has 30 heavy (non-hydrogen) atoms. The smallest absolute Gasteiger partial charge is 0.264 e. The molecule has 1 saturated heterocycles. The topological polar surface area (TPSA) is 62.8 Å². The molecule has 2 aromatic carbocycles. The number of carbonyl (C=O) groups is 1. The lowest BCUT2D eigenvalue weighted by Crippen LogP contribution is -2.53. The van der Waals surface area contributed by atoms with Crippen LogP contribution in [0.1, 0.15) is 24.0 Å². The van der Waals surface area contributed by atoms with Crippen LogP contribution in [0.2, 0.25) is 0 Å². The average molecular weight is 426 g/mol. The van der Waals surface area contributed by atoms with E-state index in [1.165, 1.54) is 10.5 Å². The van der Waals surface area contributed by atoms with Crippen LogP contribution in [0.15, 0.2) is 59.1 Å². The predicted octanol–water partition coefficient (Wildman–Crippen LogP) is 3.44. The number of benzene rings is 2. The molecule has 158 valence electrons. The normalized spacial score (nSPS) is 22.9. The third-order valence-corrected chi connectivity index (χ3v) is 6.64. The van der Waals surface area contributed by atoms with Crippen LogP contribution in [-0.2, 0) is 4.79 Å². The van der Waals surface area contributed by atoms with Gasteiger partial charge in [0.15, 0.2) is 11.5 Å². The lowest BCUT2D eigenvalue weighted by molar-refractivity contribution is -0.131. The summed E-state index contributed by atoms with van der Waals surface area (Å²) in [6.45, 7) is 4.17. The summed E-state index contributed by atoms with van der Waals surface area (Å²) in [5.41, 5.74) is 6.59.